The van der Waals surface area contributed by atoms with E-state index in [1.54, 1.807) is 0 Å². The Labute approximate surface area is 93.9 Å². The van der Waals surface area contributed by atoms with E-state index in [1.807, 2.05) is 13.0 Å². The lowest BCUT2D eigenvalue weighted by atomic mass is 9.74. The molecule has 16 heavy (non-hydrogen) atoms. The number of aliphatic carboxylic acids is 1. The second kappa shape index (κ2) is 4.08. The Bertz CT molecular complexity index is 402. The van der Waals surface area contributed by atoms with Crippen LogP contribution in [0.25, 0.3) is 0 Å². The molecule has 1 aromatic heterocycles. The summed E-state index contributed by atoms with van der Waals surface area (Å²) in [5.41, 5.74) is 0.578. The molecule has 1 saturated carbocycles. The highest BCUT2D eigenvalue weighted by Crippen LogP contribution is 2.37. The lowest BCUT2D eigenvalue weighted by Crippen LogP contribution is -2.47. The molecule has 86 valence electrons. The predicted octanol–water partition coefficient (Wildman–Crippen LogP) is 1.59. The molecule has 1 aliphatic rings. The van der Waals surface area contributed by atoms with E-state index in [4.69, 9.17) is 5.11 Å². The summed E-state index contributed by atoms with van der Waals surface area (Å²) in [7, 11) is 0. The zero-order valence-corrected chi connectivity index (χ0v) is 9.23. The number of nitrogens with zero attached hydrogens (tertiary/aromatic N) is 2. The molecular formula is C11H15N3O2. The van der Waals surface area contributed by atoms with Crippen molar-refractivity contribution in [1.29, 1.82) is 0 Å². The number of aromatic nitrogens is 2. The van der Waals surface area contributed by atoms with Crippen molar-refractivity contribution in [2.24, 2.45) is 0 Å². The number of anilines is 1. The van der Waals surface area contributed by atoms with Gasteiger partial charge in [0.1, 0.15) is 12.1 Å². The minimum Gasteiger partial charge on any atom is -0.481 e. The van der Waals surface area contributed by atoms with Crippen LogP contribution in [-0.2, 0) is 4.79 Å². The van der Waals surface area contributed by atoms with Gasteiger partial charge in [0.15, 0.2) is 0 Å². The molecule has 1 aromatic rings. The molecule has 0 aliphatic heterocycles. The summed E-state index contributed by atoms with van der Waals surface area (Å²) in [6.07, 6.45) is 4.50. The first-order chi connectivity index (χ1) is 7.60. The fourth-order valence-corrected chi connectivity index (χ4v) is 2.03. The molecule has 0 spiro atoms. The lowest BCUT2D eigenvalue weighted by Gasteiger charge is -2.41. The van der Waals surface area contributed by atoms with Crippen LogP contribution in [0.2, 0.25) is 0 Å². The van der Waals surface area contributed by atoms with Gasteiger partial charge in [-0.25, -0.2) is 9.97 Å². The van der Waals surface area contributed by atoms with Crippen molar-refractivity contribution < 1.29 is 9.90 Å². The lowest BCUT2D eigenvalue weighted by molar-refractivity contribution is -0.138. The van der Waals surface area contributed by atoms with Crippen LogP contribution in [0, 0.1) is 6.92 Å². The third kappa shape index (κ3) is 2.29. The molecule has 2 rings (SSSR count). The summed E-state index contributed by atoms with van der Waals surface area (Å²) >= 11 is 0. The zero-order chi connectivity index (χ0) is 11.6. The molecule has 0 unspecified atom stereocenters. The number of rotatable bonds is 4. The Balaban J connectivity index is 2.09. The van der Waals surface area contributed by atoms with Gasteiger partial charge < -0.3 is 10.4 Å². The van der Waals surface area contributed by atoms with Crippen molar-refractivity contribution in [3.8, 4) is 0 Å². The molecule has 5 heteroatoms. The van der Waals surface area contributed by atoms with Crippen LogP contribution in [0.1, 0.15) is 31.4 Å². The van der Waals surface area contributed by atoms with Gasteiger partial charge in [-0.3, -0.25) is 4.79 Å². The van der Waals surface area contributed by atoms with Crippen LogP contribution in [0.4, 0.5) is 5.82 Å². The SMILES string of the molecule is Cc1cc(NC2(CC(=O)O)CCC2)ncn1. The van der Waals surface area contributed by atoms with Crippen LogP contribution in [0.15, 0.2) is 12.4 Å². The number of hydrogen-bond donors (Lipinski definition) is 2. The third-order valence-corrected chi connectivity index (χ3v) is 3.00. The van der Waals surface area contributed by atoms with E-state index < -0.39 is 5.97 Å². The fraction of sp³-hybridized carbons (Fsp3) is 0.545. The molecule has 2 N–H and O–H groups in total. The average molecular weight is 221 g/mol. The van der Waals surface area contributed by atoms with E-state index >= 15 is 0 Å². The molecule has 0 amide bonds. The molecule has 0 aromatic carbocycles. The summed E-state index contributed by atoms with van der Waals surface area (Å²) in [6, 6.07) is 1.84. The Morgan fingerprint density at radius 1 is 1.56 bits per heavy atom. The maximum absolute atomic E-state index is 10.8. The number of aryl methyl sites for hydroxylation is 1. The van der Waals surface area contributed by atoms with Crippen LogP contribution >= 0.6 is 0 Å². The molecule has 1 fully saturated rings. The summed E-state index contributed by atoms with van der Waals surface area (Å²) < 4.78 is 0. The minimum atomic E-state index is -0.766. The molecule has 1 heterocycles. The van der Waals surface area contributed by atoms with Gasteiger partial charge in [-0.1, -0.05) is 0 Å². The molecular weight excluding hydrogens is 206 g/mol. The first-order valence-corrected chi connectivity index (χ1v) is 5.38. The van der Waals surface area contributed by atoms with Crippen molar-refractivity contribution >= 4 is 11.8 Å². The molecule has 0 saturated heterocycles. The monoisotopic (exact) mass is 221 g/mol. The second-order valence-corrected chi connectivity index (χ2v) is 4.37. The van der Waals surface area contributed by atoms with E-state index in [1.165, 1.54) is 6.33 Å². The maximum Gasteiger partial charge on any atom is 0.305 e. The van der Waals surface area contributed by atoms with Gasteiger partial charge in [-0.2, -0.15) is 0 Å². The van der Waals surface area contributed by atoms with Crippen LogP contribution in [0.5, 0.6) is 0 Å². The third-order valence-electron chi connectivity index (χ3n) is 3.00. The van der Waals surface area contributed by atoms with Gasteiger partial charge in [0.25, 0.3) is 0 Å². The standard InChI is InChI=1S/C11H15N3O2/c1-8-5-9(13-7-12-8)14-11(3-2-4-11)6-10(15)16/h5,7H,2-4,6H2,1H3,(H,15,16)(H,12,13,14). The minimum absolute atomic E-state index is 0.149. The molecule has 1 aliphatic carbocycles. The molecule has 0 bridgehead atoms. The topological polar surface area (TPSA) is 75.1 Å². The molecule has 0 radical (unpaired) electrons. The highest BCUT2D eigenvalue weighted by molar-refractivity contribution is 5.69. The first-order valence-electron chi connectivity index (χ1n) is 5.38. The van der Waals surface area contributed by atoms with E-state index in [0.717, 1.165) is 25.0 Å². The summed E-state index contributed by atoms with van der Waals surface area (Å²) in [5, 5.41) is 12.1. The average Bonchev–Trinajstić information content (AvgIpc) is 2.13. The van der Waals surface area contributed by atoms with Crippen LogP contribution in [-0.4, -0.2) is 26.6 Å². The zero-order valence-electron chi connectivity index (χ0n) is 9.23. The van der Waals surface area contributed by atoms with Crippen LogP contribution in [0.3, 0.4) is 0 Å². The molecule has 0 atom stereocenters. The largest absolute Gasteiger partial charge is 0.481 e. The number of hydrogen-bond acceptors (Lipinski definition) is 4. The van der Waals surface area contributed by atoms with E-state index in [9.17, 15) is 4.79 Å². The van der Waals surface area contributed by atoms with Crippen molar-refractivity contribution in [3.63, 3.8) is 0 Å². The number of nitrogens with one attached hydrogen (secondary N) is 1. The summed E-state index contributed by atoms with van der Waals surface area (Å²) in [5.74, 6) is -0.0496. The van der Waals surface area contributed by atoms with Crippen molar-refractivity contribution in [2.45, 2.75) is 38.1 Å². The van der Waals surface area contributed by atoms with Gasteiger partial charge >= 0.3 is 5.97 Å². The van der Waals surface area contributed by atoms with Gasteiger partial charge in [0.05, 0.1) is 6.42 Å². The summed E-state index contributed by atoms with van der Waals surface area (Å²) in [6.45, 7) is 1.89. The van der Waals surface area contributed by atoms with E-state index in [2.05, 4.69) is 15.3 Å². The van der Waals surface area contributed by atoms with E-state index in [-0.39, 0.29) is 12.0 Å². The van der Waals surface area contributed by atoms with Crippen molar-refractivity contribution in [2.75, 3.05) is 5.32 Å². The van der Waals surface area contributed by atoms with Gasteiger partial charge in [-0.15, -0.1) is 0 Å². The molecule has 5 nitrogen and oxygen atoms in total. The van der Waals surface area contributed by atoms with E-state index in [0.29, 0.717) is 5.82 Å². The van der Waals surface area contributed by atoms with Gasteiger partial charge in [0.2, 0.25) is 0 Å². The number of carbonyl (C=O) groups is 1. The number of carboxylic acid groups (broad SMARTS) is 1. The predicted molar refractivity (Wildman–Crippen MR) is 59.2 cm³/mol. The Morgan fingerprint density at radius 3 is 2.81 bits per heavy atom. The second-order valence-electron chi connectivity index (χ2n) is 4.37. The normalized spacial score (nSPS) is 17.6. The quantitative estimate of drug-likeness (QED) is 0.807. The van der Waals surface area contributed by atoms with Gasteiger partial charge in [-0.05, 0) is 26.2 Å². The van der Waals surface area contributed by atoms with Crippen LogP contribution < -0.4 is 5.32 Å². The number of carboxylic acids is 1. The van der Waals surface area contributed by atoms with Crippen molar-refractivity contribution in [3.05, 3.63) is 18.1 Å². The highest BCUT2D eigenvalue weighted by Gasteiger charge is 2.39. The maximum atomic E-state index is 10.8. The van der Waals surface area contributed by atoms with Gasteiger partial charge in [0, 0.05) is 17.3 Å². The highest BCUT2D eigenvalue weighted by atomic mass is 16.4. The van der Waals surface area contributed by atoms with Crippen molar-refractivity contribution in [1.82, 2.24) is 9.97 Å². The summed E-state index contributed by atoms with van der Waals surface area (Å²) in [4.78, 5) is 18.9. The fourth-order valence-electron chi connectivity index (χ4n) is 2.03. The first kappa shape index (κ1) is 10.9. The smallest absolute Gasteiger partial charge is 0.305 e. The Kier molecular flexibility index (Phi) is 2.77. The Morgan fingerprint density at radius 2 is 2.31 bits per heavy atom. The Hall–Kier alpha value is -1.65.